The highest BCUT2D eigenvalue weighted by molar-refractivity contribution is 5.79. The lowest BCUT2D eigenvalue weighted by molar-refractivity contribution is 0.195. The Morgan fingerprint density at radius 3 is 2.42 bits per heavy atom. The number of guanidine groups is 1. The molecule has 0 aliphatic rings. The Balaban J connectivity index is 2.78. The predicted molar refractivity (Wildman–Crippen MR) is 103 cm³/mol. The van der Waals surface area contributed by atoms with Crippen LogP contribution in [0.1, 0.15) is 38.8 Å². The molecule has 24 heavy (non-hydrogen) atoms. The number of hydrogen-bond acceptors (Lipinski definition) is 3. The number of likely N-dealkylation sites (N-methyl/N-ethyl adjacent to an activating group) is 1. The lowest BCUT2D eigenvalue weighted by Gasteiger charge is -2.29. The zero-order valence-corrected chi connectivity index (χ0v) is 15.7. The highest BCUT2D eigenvalue weighted by Crippen LogP contribution is 2.20. The smallest absolute Gasteiger partial charge is 0.191 e. The zero-order valence-electron chi connectivity index (χ0n) is 15.7. The molecule has 1 aromatic rings. The number of aliphatic imine (C=N–C) groups is 1. The van der Waals surface area contributed by atoms with Crippen LogP contribution in [-0.4, -0.2) is 57.3 Å². The molecule has 0 saturated heterocycles. The Bertz CT molecular complexity index is 446. The lowest BCUT2D eigenvalue weighted by atomic mass is 10.1. The third kappa shape index (κ3) is 7.32. The lowest BCUT2D eigenvalue weighted by Crippen LogP contribution is -2.39. The molecule has 1 atom stereocenters. The van der Waals surface area contributed by atoms with Gasteiger partial charge < -0.3 is 15.4 Å². The van der Waals surface area contributed by atoms with Crippen LogP contribution in [0.15, 0.2) is 35.3 Å². The topological polar surface area (TPSA) is 48.9 Å². The summed E-state index contributed by atoms with van der Waals surface area (Å²) in [4.78, 5) is 7.27. The van der Waals surface area contributed by atoms with E-state index in [9.17, 15) is 0 Å². The van der Waals surface area contributed by atoms with Gasteiger partial charge in [0.2, 0.25) is 0 Å². The van der Waals surface area contributed by atoms with E-state index in [0.717, 1.165) is 51.7 Å². The van der Waals surface area contributed by atoms with Crippen molar-refractivity contribution in [1.29, 1.82) is 0 Å². The first-order valence-electron chi connectivity index (χ1n) is 9.06. The van der Waals surface area contributed by atoms with Crippen LogP contribution in [0.25, 0.3) is 0 Å². The van der Waals surface area contributed by atoms with Crippen molar-refractivity contribution in [2.24, 2.45) is 4.99 Å². The molecule has 0 spiro atoms. The maximum absolute atomic E-state index is 5.09. The first-order valence-corrected chi connectivity index (χ1v) is 9.06. The second kappa shape index (κ2) is 12.8. The fourth-order valence-corrected chi connectivity index (χ4v) is 2.71. The third-order valence-corrected chi connectivity index (χ3v) is 4.02. The van der Waals surface area contributed by atoms with Crippen molar-refractivity contribution in [1.82, 2.24) is 15.5 Å². The van der Waals surface area contributed by atoms with E-state index in [1.54, 1.807) is 7.11 Å². The number of benzene rings is 1. The van der Waals surface area contributed by atoms with Crippen LogP contribution in [-0.2, 0) is 4.74 Å². The van der Waals surface area contributed by atoms with Crippen LogP contribution in [0.4, 0.5) is 0 Å². The number of nitrogens with one attached hydrogen (secondary N) is 2. The van der Waals surface area contributed by atoms with Gasteiger partial charge in [-0.2, -0.15) is 0 Å². The van der Waals surface area contributed by atoms with E-state index in [0.29, 0.717) is 6.04 Å². The van der Waals surface area contributed by atoms with Crippen LogP contribution in [0, 0.1) is 0 Å². The van der Waals surface area contributed by atoms with Crippen LogP contribution < -0.4 is 10.6 Å². The molecule has 0 radical (unpaired) electrons. The van der Waals surface area contributed by atoms with Crippen LogP contribution >= 0.6 is 0 Å². The quantitative estimate of drug-likeness (QED) is 0.371. The van der Waals surface area contributed by atoms with Gasteiger partial charge in [0.15, 0.2) is 5.96 Å². The number of nitrogens with zero attached hydrogens (tertiary/aromatic N) is 2. The Hall–Kier alpha value is -1.59. The third-order valence-electron chi connectivity index (χ3n) is 4.02. The van der Waals surface area contributed by atoms with Gasteiger partial charge in [0.05, 0.1) is 12.6 Å². The van der Waals surface area contributed by atoms with Gasteiger partial charge in [-0.1, -0.05) is 44.2 Å². The van der Waals surface area contributed by atoms with Crippen LogP contribution in [0.3, 0.4) is 0 Å². The van der Waals surface area contributed by atoms with Gasteiger partial charge in [-0.25, -0.2) is 0 Å². The summed E-state index contributed by atoms with van der Waals surface area (Å²) in [5, 5.41) is 6.70. The molecule has 0 saturated carbocycles. The molecule has 0 aliphatic heterocycles. The first-order chi connectivity index (χ1) is 11.8. The fraction of sp³-hybridized carbons (Fsp3) is 0.632. The summed E-state index contributed by atoms with van der Waals surface area (Å²) in [6.45, 7) is 11.8. The normalized spacial score (nSPS) is 13.1. The summed E-state index contributed by atoms with van der Waals surface area (Å²) < 4.78 is 5.09. The number of methoxy groups -OCH3 is 1. The van der Waals surface area contributed by atoms with Crippen molar-refractivity contribution in [3.05, 3.63) is 35.9 Å². The van der Waals surface area contributed by atoms with E-state index in [2.05, 4.69) is 66.6 Å². The summed E-state index contributed by atoms with van der Waals surface area (Å²) in [6, 6.07) is 11.0. The summed E-state index contributed by atoms with van der Waals surface area (Å²) in [7, 11) is 1.73. The Morgan fingerprint density at radius 1 is 1.12 bits per heavy atom. The summed E-state index contributed by atoms with van der Waals surface area (Å²) >= 11 is 0. The molecule has 0 aliphatic carbocycles. The maximum Gasteiger partial charge on any atom is 0.191 e. The SMILES string of the molecule is CCNC(=NCC(c1ccccc1)N(CC)CC)NCCCOC. The molecule has 0 bridgehead atoms. The zero-order chi connectivity index (χ0) is 17.6. The fourth-order valence-electron chi connectivity index (χ4n) is 2.71. The average molecular weight is 335 g/mol. The van der Waals surface area contributed by atoms with Crippen molar-refractivity contribution in [2.75, 3.05) is 46.4 Å². The van der Waals surface area contributed by atoms with Crippen molar-refractivity contribution in [2.45, 2.75) is 33.2 Å². The molecule has 1 aromatic carbocycles. The molecule has 2 N–H and O–H groups in total. The molecular weight excluding hydrogens is 300 g/mol. The summed E-state index contributed by atoms with van der Waals surface area (Å²) in [5.74, 6) is 0.877. The highest BCUT2D eigenvalue weighted by Gasteiger charge is 2.17. The van der Waals surface area contributed by atoms with Gasteiger partial charge in [0.1, 0.15) is 0 Å². The largest absolute Gasteiger partial charge is 0.385 e. The number of rotatable bonds is 11. The highest BCUT2D eigenvalue weighted by atomic mass is 16.5. The van der Waals surface area contributed by atoms with Crippen molar-refractivity contribution >= 4 is 5.96 Å². The summed E-state index contributed by atoms with van der Waals surface area (Å²) in [6.07, 6.45) is 0.971. The molecule has 1 rings (SSSR count). The van der Waals surface area contributed by atoms with Crippen molar-refractivity contribution in [3.8, 4) is 0 Å². The van der Waals surface area contributed by atoms with E-state index in [1.165, 1.54) is 5.56 Å². The first kappa shape index (κ1) is 20.5. The standard InChI is InChI=1S/C19H34N4O/c1-5-20-19(21-14-11-15-24-4)22-16-18(23(6-2)7-3)17-12-9-8-10-13-17/h8-10,12-13,18H,5-7,11,14-16H2,1-4H3,(H2,20,21,22). The molecule has 0 heterocycles. The number of hydrogen-bond donors (Lipinski definition) is 2. The van der Waals surface area contributed by atoms with E-state index < -0.39 is 0 Å². The molecule has 1 unspecified atom stereocenters. The van der Waals surface area contributed by atoms with Gasteiger partial charge in [-0.05, 0) is 32.0 Å². The Morgan fingerprint density at radius 2 is 1.83 bits per heavy atom. The van der Waals surface area contributed by atoms with E-state index in [1.807, 2.05) is 0 Å². The molecule has 0 aromatic heterocycles. The van der Waals surface area contributed by atoms with E-state index in [4.69, 9.17) is 9.73 Å². The van der Waals surface area contributed by atoms with Gasteiger partial charge in [-0.15, -0.1) is 0 Å². The summed E-state index contributed by atoms with van der Waals surface area (Å²) in [5.41, 5.74) is 1.32. The van der Waals surface area contributed by atoms with Gasteiger partial charge >= 0.3 is 0 Å². The predicted octanol–water partition coefficient (Wildman–Crippen LogP) is 2.66. The van der Waals surface area contributed by atoms with E-state index in [-0.39, 0.29) is 0 Å². The average Bonchev–Trinajstić information content (AvgIpc) is 2.62. The Labute approximate surface area is 147 Å². The molecule has 136 valence electrons. The minimum atomic E-state index is 0.302. The molecule has 5 heteroatoms. The van der Waals surface area contributed by atoms with E-state index >= 15 is 0 Å². The minimum absolute atomic E-state index is 0.302. The number of ether oxygens (including phenoxy) is 1. The van der Waals surface area contributed by atoms with Crippen LogP contribution in [0.2, 0.25) is 0 Å². The monoisotopic (exact) mass is 334 g/mol. The van der Waals surface area contributed by atoms with Crippen molar-refractivity contribution in [3.63, 3.8) is 0 Å². The molecular formula is C19H34N4O. The van der Waals surface area contributed by atoms with Gasteiger partial charge in [0.25, 0.3) is 0 Å². The van der Waals surface area contributed by atoms with Crippen molar-refractivity contribution < 1.29 is 4.74 Å². The molecule has 0 fully saturated rings. The second-order valence-corrected chi connectivity index (χ2v) is 5.64. The Kier molecular flexibility index (Phi) is 10.9. The van der Waals surface area contributed by atoms with Crippen LogP contribution in [0.5, 0.6) is 0 Å². The second-order valence-electron chi connectivity index (χ2n) is 5.64. The van der Waals surface area contributed by atoms with Gasteiger partial charge in [0, 0.05) is 26.8 Å². The minimum Gasteiger partial charge on any atom is -0.385 e. The molecule has 0 amide bonds. The molecule has 5 nitrogen and oxygen atoms in total. The maximum atomic E-state index is 5.09. The van der Waals surface area contributed by atoms with Gasteiger partial charge in [-0.3, -0.25) is 9.89 Å².